The summed E-state index contributed by atoms with van der Waals surface area (Å²) in [5, 5.41) is 0.583. The van der Waals surface area contributed by atoms with Crippen molar-refractivity contribution in [3.8, 4) is 22.9 Å². The smallest absolute Gasteiger partial charge is 0.259 e. The normalized spacial score (nSPS) is 12.8. The summed E-state index contributed by atoms with van der Waals surface area (Å²) in [6, 6.07) is 11.0. The molecule has 1 aliphatic heterocycles. The molecule has 0 saturated heterocycles. The molecule has 0 amide bonds. The summed E-state index contributed by atoms with van der Waals surface area (Å²) in [6.45, 7) is 2.17. The van der Waals surface area contributed by atoms with Gasteiger partial charge >= 0.3 is 0 Å². The van der Waals surface area contributed by atoms with E-state index in [4.69, 9.17) is 9.47 Å². The summed E-state index contributed by atoms with van der Waals surface area (Å²) in [4.78, 5) is 19.5. The average Bonchev–Trinajstić information content (AvgIpc) is 2.93. The van der Waals surface area contributed by atoms with Gasteiger partial charge in [-0.1, -0.05) is 12.1 Å². The fourth-order valence-electron chi connectivity index (χ4n) is 2.51. The van der Waals surface area contributed by atoms with Crippen molar-refractivity contribution in [3.05, 3.63) is 52.3 Å². The molecule has 1 N–H and O–H groups in total. The number of nitrogens with one attached hydrogen (secondary N) is 1. The summed E-state index contributed by atoms with van der Waals surface area (Å²) >= 11 is 0. The quantitative estimate of drug-likeness (QED) is 0.744. The standard InChI is InChI=1S/C16H12N2O3/c1-9-6-13-14(21-8-20-13)7-11(9)15-17-12-5-3-2-4-10(12)16(19)18-15/h2-7H,8H2,1H3,(H,17,18,19). The van der Waals surface area contributed by atoms with Crippen LogP contribution in [0.4, 0.5) is 0 Å². The van der Waals surface area contributed by atoms with Crippen molar-refractivity contribution in [2.45, 2.75) is 6.92 Å². The zero-order chi connectivity index (χ0) is 14.4. The van der Waals surface area contributed by atoms with Crippen molar-refractivity contribution in [3.63, 3.8) is 0 Å². The monoisotopic (exact) mass is 280 g/mol. The summed E-state index contributed by atoms with van der Waals surface area (Å²) in [5.74, 6) is 1.93. The predicted molar refractivity (Wildman–Crippen MR) is 78.7 cm³/mol. The number of benzene rings is 2. The zero-order valence-corrected chi connectivity index (χ0v) is 11.3. The molecule has 0 atom stereocenters. The van der Waals surface area contributed by atoms with Gasteiger partial charge in [0.2, 0.25) is 6.79 Å². The van der Waals surface area contributed by atoms with Gasteiger partial charge in [-0.15, -0.1) is 0 Å². The number of ether oxygens (including phenoxy) is 2. The Kier molecular flexibility index (Phi) is 2.47. The van der Waals surface area contributed by atoms with Gasteiger partial charge in [0.15, 0.2) is 11.5 Å². The van der Waals surface area contributed by atoms with Crippen molar-refractivity contribution in [1.29, 1.82) is 0 Å². The van der Waals surface area contributed by atoms with Crippen molar-refractivity contribution in [1.82, 2.24) is 9.97 Å². The third-order valence-electron chi connectivity index (χ3n) is 3.59. The molecule has 1 aliphatic rings. The summed E-state index contributed by atoms with van der Waals surface area (Å²) in [6.07, 6.45) is 0. The lowest BCUT2D eigenvalue weighted by Crippen LogP contribution is -2.09. The van der Waals surface area contributed by atoms with Gasteiger partial charge in [0.1, 0.15) is 5.82 Å². The van der Waals surface area contributed by atoms with Gasteiger partial charge in [-0.3, -0.25) is 4.79 Å². The molecule has 5 nitrogen and oxygen atoms in total. The van der Waals surface area contributed by atoms with Crippen LogP contribution in [0, 0.1) is 6.92 Å². The summed E-state index contributed by atoms with van der Waals surface area (Å²) in [5.41, 5.74) is 2.33. The SMILES string of the molecule is Cc1cc2c(cc1-c1nc3ccccc3c(=O)[nH]1)OCO2. The number of aromatic nitrogens is 2. The first-order valence-electron chi connectivity index (χ1n) is 6.62. The molecule has 0 spiro atoms. The highest BCUT2D eigenvalue weighted by Crippen LogP contribution is 2.37. The second kappa shape index (κ2) is 4.34. The van der Waals surface area contributed by atoms with Gasteiger partial charge < -0.3 is 14.5 Å². The second-order valence-electron chi connectivity index (χ2n) is 4.95. The molecule has 5 heteroatoms. The molecule has 0 unspecified atom stereocenters. The Balaban J connectivity index is 1.97. The minimum absolute atomic E-state index is 0.146. The van der Waals surface area contributed by atoms with E-state index in [0.29, 0.717) is 22.5 Å². The van der Waals surface area contributed by atoms with E-state index in [-0.39, 0.29) is 12.4 Å². The number of aromatic amines is 1. The van der Waals surface area contributed by atoms with Gasteiger partial charge in [0.05, 0.1) is 10.9 Å². The number of nitrogens with zero attached hydrogens (tertiary/aromatic N) is 1. The molecule has 0 fully saturated rings. The highest BCUT2D eigenvalue weighted by atomic mass is 16.7. The summed E-state index contributed by atoms with van der Waals surface area (Å²) < 4.78 is 10.7. The number of hydrogen-bond donors (Lipinski definition) is 1. The van der Waals surface area contributed by atoms with Gasteiger partial charge in [0.25, 0.3) is 5.56 Å². The number of aryl methyl sites for hydroxylation is 1. The maximum Gasteiger partial charge on any atom is 0.259 e. The third-order valence-corrected chi connectivity index (χ3v) is 3.59. The van der Waals surface area contributed by atoms with E-state index in [0.717, 1.165) is 16.9 Å². The van der Waals surface area contributed by atoms with Crippen LogP contribution in [-0.2, 0) is 0 Å². The molecule has 0 bridgehead atoms. The van der Waals surface area contributed by atoms with Gasteiger partial charge in [-0.05, 0) is 36.8 Å². The van der Waals surface area contributed by atoms with Crippen molar-refractivity contribution in [2.75, 3.05) is 6.79 Å². The first-order chi connectivity index (χ1) is 10.2. The lowest BCUT2D eigenvalue weighted by atomic mass is 10.1. The van der Waals surface area contributed by atoms with Gasteiger partial charge in [0, 0.05) is 5.56 Å². The van der Waals surface area contributed by atoms with Gasteiger partial charge in [-0.2, -0.15) is 0 Å². The number of para-hydroxylation sites is 1. The van der Waals surface area contributed by atoms with Crippen LogP contribution in [0.2, 0.25) is 0 Å². The Bertz CT molecular complexity index is 915. The largest absolute Gasteiger partial charge is 0.454 e. The van der Waals surface area contributed by atoms with E-state index in [1.54, 1.807) is 6.07 Å². The van der Waals surface area contributed by atoms with Crippen LogP contribution in [-0.4, -0.2) is 16.8 Å². The summed E-state index contributed by atoms with van der Waals surface area (Å²) in [7, 11) is 0. The fourth-order valence-corrected chi connectivity index (χ4v) is 2.51. The molecule has 0 saturated carbocycles. The van der Waals surface area contributed by atoms with Crippen LogP contribution in [0.15, 0.2) is 41.2 Å². The van der Waals surface area contributed by atoms with Crippen LogP contribution in [0.25, 0.3) is 22.3 Å². The topological polar surface area (TPSA) is 64.2 Å². The van der Waals surface area contributed by atoms with E-state index in [1.807, 2.05) is 37.3 Å². The molecule has 2 heterocycles. The first kappa shape index (κ1) is 12.0. The van der Waals surface area contributed by atoms with Crippen LogP contribution < -0.4 is 15.0 Å². The van der Waals surface area contributed by atoms with Crippen LogP contribution in [0.3, 0.4) is 0 Å². The lowest BCUT2D eigenvalue weighted by molar-refractivity contribution is 0.174. The van der Waals surface area contributed by atoms with E-state index in [2.05, 4.69) is 9.97 Å². The molecule has 0 aliphatic carbocycles. The Hall–Kier alpha value is -2.82. The number of hydrogen-bond acceptors (Lipinski definition) is 4. The Morgan fingerprint density at radius 1 is 1.14 bits per heavy atom. The highest BCUT2D eigenvalue weighted by molar-refractivity contribution is 5.80. The van der Waals surface area contributed by atoms with Crippen molar-refractivity contribution >= 4 is 10.9 Å². The zero-order valence-electron chi connectivity index (χ0n) is 11.3. The third kappa shape index (κ3) is 1.86. The van der Waals surface area contributed by atoms with E-state index in [9.17, 15) is 4.79 Å². The molecule has 4 rings (SSSR count). The van der Waals surface area contributed by atoms with Gasteiger partial charge in [-0.25, -0.2) is 4.98 Å². The molecular weight excluding hydrogens is 268 g/mol. The van der Waals surface area contributed by atoms with E-state index in [1.165, 1.54) is 0 Å². The molecule has 2 aromatic carbocycles. The Morgan fingerprint density at radius 3 is 2.76 bits per heavy atom. The van der Waals surface area contributed by atoms with Crippen LogP contribution >= 0.6 is 0 Å². The number of H-pyrrole nitrogens is 1. The average molecular weight is 280 g/mol. The molecule has 0 radical (unpaired) electrons. The fraction of sp³-hybridized carbons (Fsp3) is 0.125. The first-order valence-corrected chi connectivity index (χ1v) is 6.62. The van der Waals surface area contributed by atoms with Crippen LogP contribution in [0.5, 0.6) is 11.5 Å². The minimum atomic E-state index is -0.146. The minimum Gasteiger partial charge on any atom is -0.454 e. The highest BCUT2D eigenvalue weighted by Gasteiger charge is 2.17. The van der Waals surface area contributed by atoms with E-state index < -0.39 is 0 Å². The predicted octanol–water partition coefficient (Wildman–Crippen LogP) is 2.63. The Morgan fingerprint density at radius 2 is 1.90 bits per heavy atom. The molecular formula is C16H12N2O3. The maximum absolute atomic E-state index is 12.2. The lowest BCUT2D eigenvalue weighted by Gasteiger charge is -2.08. The van der Waals surface area contributed by atoms with Crippen molar-refractivity contribution < 1.29 is 9.47 Å². The molecule has 104 valence electrons. The van der Waals surface area contributed by atoms with Crippen molar-refractivity contribution in [2.24, 2.45) is 0 Å². The molecule has 3 aromatic rings. The second-order valence-corrected chi connectivity index (χ2v) is 4.95. The Labute approximate surface area is 120 Å². The molecule has 1 aromatic heterocycles. The van der Waals surface area contributed by atoms with Crippen LogP contribution in [0.1, 0.15) is 5.56 Å². The maximum atomic E-state index is 12.2. The number of rotatable bonds is 1. The van der Waals surface area contributed by atoms with E-state index >= 15 is 0 Å². The molecule has 21 heavy (non-hydrogen) atoms. The number of fused-ring (bicyclic) bond motifs is 2.